The van der Waals surface area contributed by atoms with Crippen molar-refractivity contribution < 1.29 is 4.79 Å². The lowest BCUT2D eigenvalue weighted by Crippen LogP contribution is -2.43. The van der Waals surface area contributed by atoms with E-state index in [1.807, 2.05) is 18.2 Å². The lowest BCUT2D eigenvalue weighted by molar-refractivity contribution is -0.129. The van der Waals surface area contributed by atoms with Crippen LogP contribution in [0.15, 0.2) is 30.3 Å². The average molecular weight is 346 g/mol. The van der Waals surface area contributed by atoms with Gasteiger partial charge in [0.15, 0.2) is 0 Å². The highest BCUT2D eigenvalue weighted by molar-refractivity contribution is 5.79. The number of carbonyl (C=O) groups excluding carboxylic acids is 1. The lowest BCUT2D eigenvalue weighted by atomic mass is 9.70. The Morgan fingerprint density at radius 2 is 1.96 bits per heavy atom. The smallest absolute Gasteiger partial charge is 0.223 e. The summed E-state index contributed by atoms with van der Waals surface area (Å²) < 4.78 is 0. The van der Waals surface area contributed by atoms with Crippen LogP contribution >= 0.6 is 0 Å². The van der Waals surface area contributed by atoms with Gasteiger partial charge in [-0.25, -0.2) is 0 Å². The number of rotatable bonds is 8. The molecule has 2 rings (SSSR count). The lowest BCUT2D eigenvalue weighted by Gasteiger charge is -2.36. The maximum atomic E-state index is 12.9. The van der Waals surface area contributed by atoms with Crippen LogP contribution in [0, 0.1) is 23.7 Å². The molecule has 1 aliphatic carbocycles. The quantitative estimate of drug-likeness (QED) is 0.678. The van der Waals surface area contributed by atoms with Crippen LogP contribution in [-0.2, 0) is 4.79 Å². The molecule has 1 aromatic carbocycles. The number of carbonyl (C=O) groups is 1. The molecule has 1 unspecified atom stereocenters. The van der Waals surface area contributed by atoms with Crippen molar-refractivity contribution in [3.63, 3.8) is 0 Å². The van der Waals surface area contributed by atoms with Gasteiger partial charge in [-0.05, 0) is 36.2 Å². The molecule has 4 nitrogen and oxygen atoms in total. The fraction of sp³-hybridized carbons (Fsp3) is 0.667. The molecule has 4 atom stereocenters. The Morgan fingerprint density at radius 3 is 2.60 bits per heavy atom. The summed E-state index contributed by atoms with van der Waals surface area (Å²) in [7, 11) is 0. The molecule has 4 N–H and O–H groups in total. The maximum Gasteiger partial charge on any atom is 0.223 e. The molecule has 1 aromatic rings. The highest BCUT2D eigenvalue weighted by Gasteiger charge is 2.35. The van der Waals surface area contributed by atoms with Crippen molar-refractivity contribution in [1.29, 1.82) is 0 Å². The van der Waals surface area contributed by atoms with Crippen LogP contribution in [0.5, 0.6) is 0 Å². The number of nitrogens with two attached hydrogens (primary N) is 1. The van der Waals surface area contributed by atoms with Crippen LogP contribution in [-0.4, -0.2) is 25.5 Å². The maximum absolute atomic E-state index is 12.9. The normalized spacial score (nSPS) is 24.9. The summed E-state index contributed by atoms with van der Waals surface area (Å²) in [4.78, 5) is 12.9. The van der Waals surface area contributed by atoms with E-state index in [4.69, 9.17) is 5.73 Å². The van der Waals surface area contributed by atoms with Crippen LogP contribution < -0.4 is 16.4 Å². The molecule has 0 spiro atoms. The van der Waals surface area contributed by atoms with Crippen LogP contribution in [0.3, 0.4) is 0 Å². The number of benzene rings is 1. The molecule has 0 saturated heterocycles. The molecule has 1 aliphatic rings. The fourth-order valence-corrected chi connectivity index (χ4v) is 4.09. The van der Waals surface area contributed by atoms with E-state index in [2.05, 4.69) is 43.5 Å². The van der Waals surface area contributed by atoms with E-state index in [-0.39, 0.29) is 17.9 Å². The third-order valence-electron chi connectivity index (χ3n) is 5.58. The molecule has 0 aliphatic heterocycles. The van der Waals surface area contributed by atoms with Crippen LogP contribution in [0.2, 0.25) is 0 Å². The van der Waals surface area contributed by atoms with E-state index < -0.39 is 0 Å². The van der Waals surface area contributed by atoms with E-state index >= 15 is 0 Å². The van der Waals surface area contributed by atoms with Crippen LogP contribution in [0.25, 0.3) is 0 Å². The minimum Gasteiger partial charge on any atom is -0.354 e. The van der Waals surface area contributed by atoms with Gasteiger partial charge in [-0.15, -0.1) is 0 Å². The molecular formula is C21H35N3O. The van der Waals surface area contributed by atoms with Crippen LogP contribution in [0.4, 0.5) is 0 Å². The number of amides is 1. The summed E-state index contributed by atoms with van der Waals surface area (Å²) in [5.74, 6) is 2.08. The van der Waals surface area contributed by atoms with Gasteiger partial charge in [0.1, 0.15) is 0 Å². The van der Waals surface area contributed by atoms with Gasteiger partial charge in [0.05, 0.1) is 0 Å². The van der Waals surface area contributed by atoms with Gasteiger partial charge in [-0.1, -0.05) is 57.5 Å². The van der Waals surface area contributed by atoms with Crippen LogP contribution in [0.1, 0.15) is 51.6 Å². The summed E-state index contributed by atoms with van der Waals surface area (Å²) in [5.41, 5.74) is 6.83. The third kappa shape index (κ3) is 5.82. The van der Waals surface area contributed by atoms with Gasteiger partial charge >= 0.3 is 0 Å². The summed E-state index contributed by atoms with van der Waals surface area (Å²) in [6, 6.07) is 10.4. The summed E-state index contributed by atoms with van der Waals surface area (Å²) in [6.45, 7) is 8.70. The highest BCUT2D eigenvalue weighted by atomic mass is 16.1. The van der Waals surface area contributed by atoms with Crippen molar-refractivity contribution in [3.05, 3.63) is 35.9 Å². The second kappa shape index (κ2) is 9.93. The molecule has 140 valence electrons. The molecule has 1 amide bonds. The number of nitrogens with one attached hydrogen (secondary N) is 2. The molecule has 0 aromatic heterocycles. The molecule has 1 fully saturated rings. The Hall–Kier alpha value is -1.39. The van der Waals surface area contributed by atoms with E-state index in [9.17, 15) is 4.79 Å². The van der Waals surface area contributed by atoms with Gasteiger partial charge in [-0.3, -0.25) is 4.79 Å². The van der Waals surface area contributed by atoms with Gasteiger partial charge in [-0.2, -0.15) is 0 Å². The zero-order valence-corrected chi connectivity index (χ0v) is 16.0. The fourth-order valence-electron chi connectivity index (χ4n) is 4.09. The number of hydrogen-bond donors (Lipinski definition) is 3. The van der Waals surface area contributed by atoms with Gasteiger partial charge < -0.3 is 16.4 Å². The first-order valence-electron chi connectivity index (χ1n) is 9.79. The largest absolute Gasteiger partial charge is 0.354 e. The van der Waals surface area contributed by atoms with E-state index in [1.54, 1.807) is 0 Å². The Kier molecular flexibility index (Phi) is 7.91. The van der Waals surface area contributed by atoms with Gasteiger partial charge in [0.2, 0.25) is 5.91 Å². The SMILES string of the molecule is CC(C)[C@@H]1CC[C@@H](C)C[C@H]1C(=O)NCC(NCCN)c1ccccc1. The first-order chi connectivity index (χ1) is 12.0. The zero-order chi connectivity index (χ0) is 18.2. The summed E-state index contributed by atoms with van der Waals surface area (Å²) in [6.07, 6.45) is 3.43. The Morgan fingerprint density at radius 1 is 1.24 bits per heavy atom. The predicted molar refractivity (Wildman–Crippen MR) is 104 cm³/mol. The Bertz CT molecular complexity index is 517. The first-order valence-corrected chi connectivity index (χ1v) is 9.79. The van der Waals surface area contributed by atoms with Crippen molar-refractivity contribution >= 4 is 5.91 Å². The molecule has 0 heterocycles. The molecule has 25 heavy (non-hydrogen) atoms. The zero-order valence-electron chi connectivity index (χ0n) is 16.0. The Labute approximate surface area is 153 Å². The van der Waals surface area contributed by atoms with Crippen molar-refractivity contribution in [1.82, 2.24) is 10.6 Å². The molecule has 0 radical (unpaired) electrons. The molecular weight excluding hydrogens is 310 g/mol. The minimum absolute atomic E-state index is 0.104. The second-order valence-corrected chi connectivity index (χ2v) is 7.88. The molecule has 0 bridgehead atoms. The average Bonchev–Trinajstić information content (AvgIpc) is 2.62. The monoisotopic (exact) mass is 345 g/mol. The second-order valence-electron chi connectivity index (χ2n) is 7.88. The topological polar surface area (TPSA) is 67.2 Å². The van der Waals surface area contributed by atoms with E-state index in [0.717, 1.165) is 13.0 Å². The van der Waals surface area contributed by atoms with E-state index in [0.29, 0.717) is 30.8 Å². The standard InChI is InChI=1S/C21H35N3O/c1-15(2)18-10-9-16(3)13-19(18)21(25)24-14-20(23-12-11-22)17-7-5-4-6-8-17/h4-8,15-16,18-20,23H,9-14,22H2,1-3H3,(H,24,25)/t16-,18+,19-,20?/m1/s1. The molecule has 4 heteroatoms. The minimum atomic E-state index is 0.104. The van der Waals surface area contributed by atoms with E-state index in [1.165, 1.54) is 18.4 Å². The van der Waals surface area contributed by atoms with Crippen molar-refractivity contribution in [2.75, 3.05) is 19.6 Å². The Balaban J connectivity index is 1.99. The summed E-state index contributed by atoms with van der Waals surface area (Å²) >= 11 is 0. The first kappa shape index (κ1) is 19.9. The van der Waals surface area contributed by atoms with Gasteiger partial charge in [0.25, 0.3) is 0 Å². The predicted octanol–water partition coefficient (Wildman–Crippen LogP) is 3.10. The molecule has 1 saturated carbocycles. The third-order valence-corrected chi connectivity index (χ3v) is 5.58. The highest BCUT2D eigenvalue weighted by Crippen LogP contribution is 2.38. The number of hydrogen-bond acceptors (Lipinski definition) is 3. The summed E-state index contributed by atoms with van der Waals surface area (Å²) in [5, 5.41) is 6.67. The van der Waals surface area contributed by atoms with Crippen molar-refractivity contribution in [3.8, 4) is 0 Å². The van der Waals surface area contributed by atoms with Crippen molar-refractivity contribution in [2.45, 2.75) is 46.1 Å². The van der Waals surface area contributed by atoms with Crippen molar-refractivity contribution in [2.24, 2.45) is 29.4 Å². The van der Waals surface area contributed by atoms with Gasteiger partial charge in [0, 0.05) is 31.6 Å².